The average molecular weight is 209 g/mol. The molecule has 0 aromatic heterocycles. The molecule has 0 unspecified atom stereocenters. The van der Waals surface area contributed by atoms with E-state index in [4.69, 9.17) is 5.26 Å². The minimum Gasteiger partial charge on any atom is -0.354 e. The van der Waals surface area contributed by atoms with Crippen LogP contribution in [0.5, 0.6) is 0 Å². The molecule has 2 amide bonds. The Morgan fingerprint density at radius 1 is 1.47 bits per heavy atom. The van der Waals surface area contributed by atoms with Crippen LogP contribution in [0.3, 0.4) is 0 Å². The van der Waals surface area contributed by atoms with Crippen LogP contribution < -0.4 is 5.32 Å². The molecule has 0 aliphatic heterocycles. The van der Waals surface area contributed by atoms with E-state index in [1.165, 1.54) is 4.90 Å². The maximum absolute atomic E-state index is 11.5. The Morgan fingerprint density at radius 2 is 2.07 bits per heavy atom. The van der Waals surface area contributed by atoms with Gasteiger partial charge in [-0.3, -0.25) is 9.59 Å². The number of nitrogens with one attached hydrogen (secondary N) is 1. The van der Waals surface area contributed by atoms with Gasteiger partial charge < -0.3 is 10.2 Å². The molecule has 0 heterocycles. The summed E-state index contributed by atoms with van der Waals surface area (Å²) >= 11 is 0. The Morgan fingerprint density at radius 3 is 2.47 bits per heavy atom. The second kappa shape index (κ2) is 4.30. The first-order valence-electron chi connectivity index (χ1n) is 4.91. The first-order valence-corrected chi connectivity index (χ1v) is 4.91. The molecule has 0 spiro atoms. The van der Waals surface area contributed by atoms with Crippen LogP contribution in [0.1, 0.15) is 19.3 Å². The van der Waals surface area contributed by atoms with Gasteiger partial charge in [0.05, 0.1) is 6.07 Å². The molecule has 5 heteroatoms. The largest absolute Gasteiger partial charge is 0.354 e. The van der Waals surface area contributed by atoms with E-state index in [2.05, 4.69) is 5.32 Å². The lowest BCUT2D eigenvalue weighted by atomic mass is 10.1. The molecule has 0 radical (unpaired) electrons. The van der Waals surface area contributed by atoms with Gasteiger partial charge in [0, 0.05) is 27.1 Å². The zero-order valence-corrected chi connectivity index (χ0v) is 9.04. The summed E-state index contributed by atoms with van der Waals surface area (Å²) in [5, 5.41) is 11.4. The highest BCUT2D eigenvalue weighted by Gasteiger charge is 2.50. The third-order valence-electron chi connectivity index (χ3n) is 2.52. The van der Waals surface area contributed by atoms with Gasteiger partial charge in [0.1, 0.15) is 5.41 Å². The number of carbonyl (C=O) groups is 2. The zero-order chi connectivity index (χ0) is 11.5. The second-order valence-corrected chi connectivity index (χ2v) is 3.99. The van der Waals surface area contributed by atoms with Gasteiger partial charge in [-0.05, 0) is 12.8 Å². The third-order valence-corrected chi connectivity index (χ3v) is 2.52. The molecule has 1 fully saturated rings. The smallest absolute Gasteiger partial charge is 0.240 e. The maximum Gasteiger partial charge on any atom is 0.240 e. The Bertz CT molecular complexity index is 313. The molecule has 5 nitrogen and oxygen atoms in total. The summed E-state index contributed by atoms with van der Waals surface area (Å²) in [6, 6.07) is 2.01. The van der Waals surface area contributed by atoms with Crippen molar-refractivity contribution >= 4 is 11.8 Å². The topological polar surface area (TPSA) is 73.2 Å². The number of hydrogen-bond donors (Lipinski definition) is 1. The summed E-state index contributed by atoms with van der Waals surface area (Å²) in [5.74, 6) is -0.270. The van der Waals surface area contributed by atoms with Crippen molar-refractivity contribution in [3.05, 3.63) is 0 Å². The molecule has 82 valence electrons. The van der Waals surface area contributed by atoms with E-state index in [9.17, 15) is 9.59 Å². The van der Waals surface area contributed by atoms with Crippen molar-refractivity contribution < 1.29 is 9.59 Å². The second-order valence-electron chi connectivity index (χ2n) is 3.99. The molecule has 1 saturated carbocycles. The van der Waals surface area contributed by atoms with Crippen LogP contribution in [-0.4, -0.2) is 37.4 Å². The summed E-state index contributed by atoms with van der Waals surface area (Å²) in [5.41, 5.74) is -0.791. The molecule has 1 N–H and O–H groups in total. The molecule has 1 aliphatic carbocycles. The van der Waals surface area contributed by atoms with E-state index >= 15 is 0 Å². The number of rotatable bonds is 4. The molecule has 0 aromatic carbocycles. The summed E-state index contributed by atoms with van der Waals surface area (Å²) in [6.45, 7) is 0.305. The highest BCUT2D eigenvalue weighted by Crippen LogP contribution is 2.44. The van der Waals surface area contributed by atoms with Crippen molar-refractivity contribution in [2.75, 3.05) is 20.6 Å². The number of amides is 2. The van der Waals surface area contributed by atoms with Gasteiger partial charge in [0.2, 0.25) is 11.8 Å². The predicted molar refractivity (Wildman–Crippen MR) is 53.6 cm³/mol. The monoisotopic (exact) mass is 209 g/mol. The number of hydrogen-bond acceptors (Lipinski definition) is 3. The molecule has 0 aromatic rings. The van der Waals surface area contributed by atoms with Gasteiger partial charge in [0.25, 0.3) is 0 Å². The molecule has 0 atom stereocenters. The molecular formula is C10H15N3O2. The fourth-order valence-corrected chi connectivity index (χ4v) is 1.19. The van der Waals surface area contributed by atoms with Crippen LogP contribution in [0.2, 0.25) is 0 Å². The molecule has 1 rings (SSSR count). The standard InChI is InChI=1S/C10H15N3O2/c1-13(2)8(14)3-6-12-9(15)10(7-11)4-5-10/h3-6H2,1-2H3,(H,12,15). The van der Waals surface area contributed by atoms with Crippen LogP contribution in [0.25, 0.3) is 0 Å². The quantitative estimate of drug-likeness (QED) is 0.701. The first-order chi connectivity index (χ1) is 7.02. The maximum atomic E-state index is 11.5. The van der Waals surface area contributed by atoms with Gasteiger partial charge in [-0.15, -0.1) is 0 Å². The van der Waals surface area contributed by atoms with Crippen LogP contribution >= 0.6 is 0 Å². The molecule has 0 saturated heterocycles. The predicted octanol–water partition coefficient (Wildman–Crippen LogP) is -0.115. The van der Waals surface area contributed by atoms with Crippen LogP contribution in [0.15, 0.2) is 0 Å². The van der Waals surface area contributed by atoms with Crippen molar-refractivity contribution in [2.24, 2.45) is 5.41 Å². The Balaban J connectivity index is 2.25. The van der Waals surface area contributed by atoms with Crippen LogP contribution in [0, 0.1) is 16.7 Å². The van der Waals surface area contributed by atoms with Crippen molar-refractivity contribution in [1.82, 2.24) is 10.2 Å². The van der Waals surface area contributed by atoms with Gasteiger partial charge in [-0.2, -0.15) is 5.26 Å². The van der Waals surface area contributed by atoms with Gasteiger partial charge in [-0.25, -0.2) is 0 Å². The Kier molecular flexibility index (Phi) is 3.30. The molecule has 0 bridgehead atoms. The highest BCUT2D eigenvalue weighted by atomic mass is 16.2. The van der Waals surface area contributed by atoms with Crippen molar-refractivity contribution in [3.8, 4) is 6.07 Å². The summed E-state index contributed by atoms with van der Waals surface area (Å²) < 4.78 is 0. The lowest BCUT2D eigenvalue weighted by Crippen LogP contribution is -2.34. The average Bonchev–Trinajstić information content (AvgIpc) is 2.97. The lowest BCUT2D eigenvalue weighted by molar-refractivity contribution is -0.129. The van der Waals surface area contributed by atoms with Crippen molar-refractivity contribution in [3.63, 3.8) is 0 Å². The van der Waals surface area contributed by atoms with E-state index in [0.717, 1.165) is 0 Å². The van der Waals surface area contributed by atoms with E-state index in [0.29, 0.717) is 19.4 Å². The van der Waals surface area contributed by atoms with E-state index in [1.54, 1.807) is 14.1 Å². The first kappa shape index (κ1) is 11.5. The minimum atomic E-state index is -0.791. The van der Waals surface area contributed by atoms with Crippen molar-refractivity contribution in [1.29, 1.82) is 5.26 Å². The Hall–Kier alpha value is -1.57. The van der Waals surface area contributed by atoms with Gasteiger partial charge >= 0.3 is 0 Å². The molecule has 15 heavy (non-hydrogen) atoms. The zero-order valence-electron chi connectivity index (χ0n) is 9.04. The highest BCUT2D eigenvalue weighted by molar-refractivity contribution is 5.88. The van der Waals surface area contributed by atoms with Crippen LogP contribution in [-0.2, 0) is 9.59 Å². The van der Waals surface area contributed by atoms with Gasteiger partial charge in [0.15, 0.2) is 0 Å². The normalized spacial score (nSPS) is 16.3. The fraction of sp³-hybridized carbons (Fsp3) is 0.700. The summed E-state index contributed by atoms with van der Waals surface area (Å²) in [4.78, 5) is 24.1. The van der Waals surface area contributed by atoms with E-state index in [1.807, 2.05) is 6.07 Å². The van der Waals surface area contributed by atoms with E-state index in [-0.39, 0.29) is 18.2 Å². The minimum absolute atomic E-state index is 0.0305. The summed E-state index contributed by atoms with van der Waals surface area (Å²) in [6.07, 6.45) is 1.55. The number of carbonyl (C=O) groups excluding carboxylic acids is 2. The number of nitriles is 1. The number of nitrogens with zero attached hydrogens (tertiary/aromatic N) is 2. The lowest BCUT2D eigenvalue weighted by Gasteiger charge is -2.11. The molecule has 1 aliphatic rings. The van der Waals surface area contributed by atoms with Crippen molar-refractivity contribution in [2.45, 2.75) is 19.3 Å². The SMILES string of the molecule is CN(C)C(=O)CCNC(=O)C1(C#N)CC1. The summed E-state index contributed by atoms with van der Waals surface area (Å²) in [7, 11) is 3.34. The van der Waals surface area contributed by atoms with Crippen LogP contribution in [0.4, 0.5) is 0 Å². The fourth-order valence-electron chi connectivity index (χ4n) is 1.19. The third kappa shape index (κ3) is 2.69. The van der Waals surface area contributed by atoms with E-state index < -0.39 is 5.41 Å². The van der Waals surface area contributed by atoms with Gasteiger partial charge in [-0.1, -0.05) is 0 Å². The molecular weight excluding hydrogens is 194 g/mol. The Labute approximate surface area is 89.0 Å².